The maximum Gasteiger partial charge on any atom is 0.146 e. The highest BCUT2D eigenvalue weighted by Crippen LogP contribution is 2.42. The first-order valence-electron chi connectivity index (χ1n) is 9.88. The average molecular weight is 378 g/mol. The molecule has 1 unspecified atom stereocenters. The molecule has 3 heterocycles. The van der Waals surface area contributed by atoms with Crippen LogP contribution in [0.5, 0.6) is 5.75 Å². The summed E-state index contributed by atoms with van der Waals surface area (Å²) in [5.41, 5.74) is 6.25. The molecular formula is C22H26N4O2. The summed E-state index contributed by atoms with van der Waals surface area (Å²) in [6.45, 7) is 5.25. The Hall–Kier alpha value is -2.57. The third kappa shape index (κ3) is 2.93. The summed E-state index contributed by atoms with van der Waals surface area (Å²) in [7, 11) is 3.98. The van der Waals surface area contributed by atoms with E-state index in [4.69, 9.17) is 9.47 Å². The van der Waals surface area contributed by atoms with Crippen LogP contribution in [0.1, 0.15) is 22.6 Å². The molecule has 6 heteroatoms. The van der Waals surface area contributed by atoms with Gasteiger partial charge in [0.1, 0.15) is 5.75 Å². The smallest absolute Gasteiger partial charge is 0.146 e. The van der Waals surface area contributed by atoms with Gasteiger partial charge in [-0.2, -0.15) is 5.10 Å². The molecule has 0 bridgehead atoms. The number of methoxy groups -OCH3 is 1. The van der Waals surface area contributed by atoms with Crippen LogP contribution in [0.4, 0.5) is 5.69 Å². The van der Waals surface area contributed by atoms with Gasteiger partial charge in [0.15, 0.2) is 0 Å². The predicted octanol–water partition coefficient (Wildman–Crippen LogP) is 2.99. The van der Waals surface area contributed by atoms with E-state index in [1.54, 1.807) is 7.11 Å². The van der Waals surface area contributed by atoms with Crippen molar-refractivity contribution in [1.29, 1.82) is 0 Å². The van der Waals surface area contributed by atoms with Gasteiger partial charge in [-0.1, -0.05) is 18.2 Å². The molecule has 5 rings (SSSR count). The van der Waals surface area contributed by atoms with E-state index < -0.39 is 0 Å². The molecule has 2 aromatic carbocycles. The van der Waals surface area contributed by atoms with Gasteiger partial charge in [-0.3, -0.25) is 5.10 Å². The molecule has 0 saturated carbocycles. The second-order valence-corrected chi connectivity index (χ2v) is 7.75. The minimum Gasteiger partial charge on any atom is -0.494 e. The number of nitrogens with zero attached hydrogens (tertiary/aromatic N) is 3. The second kappa shape index (κ2) is 7.11. The highest BCUT2D eigenvalue weighted by atomic mass is 16.5. The summed E-state index contributed by atoms with van der Waals surface area (Å²) in [4.78, 5) is 4.76. The van der Waals surface area contributed by atoms with Crippen molar-refractivity contribution in [2.75, 3.05) is 51.9 Å². The summed E-state index contributed by atoms with van der Waals surface area (Å²) in [6.07, 6.45) is 1.87. The van der Waals surface area contributed by atoms with Crippen molar-refractivity contribution >= 4 is 16.6 Å². The monoisotopic (exact) mass is 378 g/mol. The second-order valence-electron chi connectivity index (χ2n) is 7.75. The van der Waals surface area contributed by atoms with E-state index in [-0.39, 0.29) is 0 Å². The van der Waals surface area contributed by atoms with E-state index >= 15 is 0 Å². The Balaban J connectivity index is 1.60. The first-order chi connectivity index (χ1) is 13.7. The van der Waals surface area contributed by atoms with E-state index in [0.717, 1.165) is 56.0 Å². The van der Waals surface area contributed by atoms with E-state index in [9.17, 15) is 0 Å². The van der Waals surface area contributed by atoms with Crippen LogP contribution in [0.15, 0.2) is 36.5 Å². The van der Waals surface area contributed by atoms with Crippen LogP contribution >= 0.6 is 0 Å². The van der Waals surface area contributed by atoms with Crippen LogP contribution in [0.25, 0.3) is 10.9 Å². The number of H-pyrrole nitrogens is 1. The highest BCUT2D eigenvalue weighted by molar-refractivity contribution is 5.79. The van der Waals surface area contributed by atoms with Gasteiger partial charge in [-0.25, -0.2) is 0 Å². The van der Waals surface area contributed by atoms with Crippen LogP contribution < -0.4 is 9.64 Å². The average Bonchev–Trinajstić information content (AvgIpc) is 3.20. The number of nitrogens with one attached hydrogen (secondary N) is 1. The van der Waals surface area contributed by atoms with Crippen molar-refractivity contribution in [1.82, 2.24) is 15.1 Å². The summed E-state index contributed by atoms with van der Waals surface area (Å²) in [6, 6.07) is 11.2. The zero-order valence-corrected chi connectivity index (χ0v) is 16.4. The normalized spacial score (nSPS) is 20.4. The first-order valence-corrected chi connectivity index (χ1v) is 9.88. The van der Waals surface area contributed by atoms with Gasteiger partial charge in [0.25, 0.3) is 0 Å². The number of rotatable bonds is 3. The van der Waals surface area contributed by atoms with E-state index in [0.29, 0.717) is 5.92 Å². The molecule has 0 radical (unpaired) electrons. The van der Waals surface area contributed by atoms with Gasteiger partial charge in [0, 0.05) is 43.0 Å². The Morgan fingerprint density at radius 1 is 1.18 bits per heavy atom. The number of likely N-dealkylation sites (N-methyl/N-ethyl adjacent to an activating group) is 1. The molecule has 0 aliphatic carbocycles. The molecule has 1 saturated heterocycles. The standard InChI is InChI=1S/C22H26N4O2/c1-25-13-18(15-3-4-16-12-23-24-20(16)11-15)17-5-6-21(22(27-2)19(17)14-25)26-7-9-28-10-8-26/h3-6,11-12,18H,7-10,13-14H2,1-2H3,(H,23,24). The van der Waals surface area contributed by atoms with Crippen molar-refractivity contribution in [3.8, 4) is 5.75 Å². The van der Waals surface area contributed by atoms with Gasteiger partial charge >= 0.3 is 0 Å². The number of benzene rings is 2. The fraction of sp³-hybridized carbons (Fsp3) is 0.409. The predicted molar refractivity (Wildman–Crippen MR) is 110 cm³/mol. The van der Waals surface area contributed by atoms with E-state index in [1.807, 2.05) is 6.20 Å². The van der Waals surface area contributed by atoms with Gasteiger partial charge in [-0.05, 0) is 30.3 Å². The Morgan fingerprint density at radius 2 is 2.04 bits per heavy atom. The maximum absolute atomic E-state index is 5.96. The summed E-state index contributed by atoms with van der Waals surface area (Å²) < 4.78 is 11.5. The first kappa shape index (κ1) is 17.5. The molecule has 3 aromatic rings. The molecule has 1 aromatic heterocycles. The van der Waals surface area contributed by atoms with Crippen molar-refractivity contribution in [3.63, 3.8) is 0 Å². The highest BCUT2D eigenvalue weighted by Gasteiger charge is 2.30. The lowest BCUT2D eigenvalue weighted by Crippen LogP contribution is -2.37. The number of aromatic nitrogens is 2. The zero-order chi connectivity index (χ0) is 19.1. The topological polar surface area (TPSA) is 53.6 Å². The Kier molecular flexibility index (Phi) is 4.45. The lowest BCUT2D eigenvalue weighted by atomic mass is 9.83. The number of hydrogen-bond donors (Lipinski definition) is 1. The van der Waals surface area contributed by atoms with Crippen LogP contribution in [-0.4, -0.2) is 62.1 Å². The fourth-order valence-corrected chi connectivity index (χ4v) is 4.60. The van der Waals surface area contributed by atoms with Gasteiger partial charge < -0.3 is 19.3 Å². The summed E-state index contributed by atoms with van der Waals surface area (Å²) in [5.74, 6) is 1.33. The van der Waals surface area contributed by atoms with Crippen molar-refractivity contribution in [2.45, 2.75) is 12.5 Å². The molecule has 1 fully saturated rings. The summed E-state index contributed by atoms with van der Waals surface area (Å²) >= 11 is 0. The van der Waals surface area contributed by atoms with Crippen molar-refractivity contribution < 1.29 is 9.47 Å². The van der Waals surface area contributed by atoms with Crippen molar-refractivity contribution in [2.24, 2.45) is 0 Å². The molecule has 0 amide bonds. The van der Waals surface area contributed by atoms with Gasteiger partial charge in [-0.15, -0.1) is 0 Å². The Morgan fingerprint density at radius 3 is 2.86 bits per heavy atom. The molecular weight excluding hydrogens is 352 g/mol. The minimum atomic E-state index is 0.314. The van der Waals surface area contributed by atoms with Crippen LogP contribution in [0, 0.1) is 0 Å². The lowest BCUT2D eigenvalue weighted by molar-refractivity contribution is 0.122. The Labute approximate surface area is 165 Å². The minimum absolute atomic E-state index is 0.314. The maximum atomic E-state index is 5.96. The van der Waals surface area contributed by atoms with Crippen molar-refractivity contribution in [3.05, 3.63) is 53.2 Å². The number of anilines is 1. The SMILES string of the molecule is COc1c(N2CCOCC2)ccc2c1CN(C)CC2c1ccc2cn[nH]c2c1. The third-order valence-electron chi connectivity index (χ3n) is 6.00. The number of morpholine rings is 1. The van der Waals surface area contributed by atoms with E-state index in [2.05, 4.69) is 57.4 Å². The molecule has 2 aliphatic heterocycles. The number of aromatic amines is 1. The zero-order valence-electron chi connectivity index (χ0n) is 16.4. The van der Waals surface area contributed by atoms with Gasteiger partial charge in [0.05, 0.1) is 37.7 Å². The van der Waals surface area contributed by atoms with Crippen LogP contribution in [0.2, 0.25) is 0 Å². The molecule has 1 atom stereocenters. The van der Waals surface area contributed by atoms with Crippen LogP contribution in [-0.2, 0) is 11.3 Å². The molecule has 28 heavy (non-hydrogen) atoms. The largest absolute Gasteiger partial charge is 0.494 e. The molecule has 2 aliphatic rings. The summed E-state index contributed by atoms with van der Waals surface area (Å²) in [5, 5.41) is 8.42. The molecule has 0 spiro atoms. The quantitative estimate of drug-likeness (QED) is 0.759. The van der Waals surface area contributed by atoms with Gasteiger partial charge in [0.2, 0.25) is 0 Å². The lowest BCUT2D eigenvalue weighted by Gasteiger charge is -2.36. The molecule has 6 nitrogen and oxygen atoms in total. The number of hydrogen-bond acceptors (Lipinski definition) is 5. The molecule has 1 N–H and O–H groups in total. The Bertz CT molecular complexity index is 993. The number of fused-ring (bicyclic) bond motifs is 2. The fourth-order valence-electron chi connectivity index (χ4n) is 4.60. The van der Waals surface area contributed by atoms with Crippen LogP contribution in [0.3, 0.4) is 0 Å². The number of ether oxygens (including phenoxy) is 2. The van der Waals surface area contributed by atoms with E-state index in [1.165, 1.54) is 22.4 Å². The molecule has 146 valence electrons. The third-order valence-corrected chi connectivity index (χ3v) is 6.00.